The zero-order valence-corrected chi connectivity index (χ0v) is 11.5. The average molecular weight is 337 g/mol. The lowest BCUT2D eigenvalue weighted by molar-refractivity contribution is 0.601. The zero-order valence-electron chi connectivity index (χ0n) is 8.36. The Morgan fingerprint density at radius 3 is 2.80 bits per heavy atom. The number of hydrogen-bond acceptors (Lipinski definition) is 1. The third-order valence-electron chi connectivity index (χ3n) is 2.03. The highest BCUT2D eigenvalue weighted by Crippen LogP contribution is 2.24. The van der Waals surface area contributed by atoms with Gasteiger partial charge in [0.1, 0.15) is 5.82 Å². The van der Waals surface area contributed by atoms with E-state index in [-0.39, 0.29) is 11.9 Å². The summed E-state index contributed by atoms with van der Waals surface area (Å²) in [5, 5.41) is 3.26. The molecule has 0 fully saturated rings. The highest BCUT2D eigenvalue weighted by Gasteiger charge is 2.09. The first kappa shape index (κ1) is 12.9. The van der Waals surface area contributed by atoms with Crippen molar-refractivity contribution in [1.29, 1.82) is 0 Å². The van der Waals surface area contributed by atoms with Crippen LogP contribution in [0.2, 0.25) is 0 Å². The van der Waals surface area contributed by atoms with E-state index in [1.54, 1.807) is 6.07 Å². The minimum Gasteiger partial charge on any atom is -0.306 e. The van der Waals surface area contributed by atoms with Gasteiger partial charge < -0.3 is 5.32 Å². The fourth-order valence-corrected chi connectivity index (χ4v) is 2.08. The highest BCUT2D eigenvalue weighted by molar-refractivity contribution is 9.11. The van der Waals surface area contributed by atoms with E-state index in [0.29, 0.717) is 6.54 Å². The van der Waals surface area contributed by atoms with E-state index in [1.165, 1.54) is 12.1 Å². The summed E-state index contributed by atoms with van der Waals surface area (Å²) in [6.45, 7) is 6.45. The van der Waals surface area contributed by atoms with E-state index in [0.717, 1.165) is 14.5 Å². The van der Waals surface area contributed by atoms with Crippen LogP contribution < -0.4 is 5.32 Å². The van der Waals surface area contributed by atoms with Gasteiger partial charge in [-0.2, -0.15) is 0 Å². The Kier molecular flexibility index (Phi) is 4.96. The lowest BCUT2D eigenvalue weighted by Crippen LogP contribution is -2.20. The Morgan fingerprint density at radius 1 is 1.60 bits per heavy atom. The summed E-state index contributed by atoms with van der Waals surface area (Å²) in [6, 6.07) is 4.85. The fraction of sp³-hybridized carbons (Fsp3) is 0.273. The first-order valence-corrected chi connectivity index (χ1v) is 6.11. The smallest absolute Gasteiger partial charge is 0.124 e. The molecule has 1 atom stereocenters. The molecule has 1 N–H and O–H groups in total. The lowest BCUT2D eigenvalue weighted by atomic mass is 10.1. The molecular formula is C11H12Br2FN. The summed E-state index contributed by atoms with van der Waals surface area (Å²) in [7, 11) is 0. The number of halogens is 3. The van der Waals surface area contributed by atoms with Gasteiger partial charge in [-0.25, -0.2) is 4.39 Å². The molecule has 1 nitrogen and oxygen atoms in total. The van der Waals surface area contributed by atoms with Crippen molar-refractivity contribution in [3.8, 4) is 0 Å². The van der Waals surface area contributed by atoms with Crippen LogP contribution >= 0.6 is 31.9 Å². The Morgan fingerprint density at radius 2 is 2.27 bits per heavy atom. The van der Waals surface area contributed by atoms with Crippen LogP contribution in [0, 0.1) is 5.82 Å². The summed E-state index contributed by atoms with van der Waals surface area (Å²) in [5.74, 6) is -0.234. The van der Waals surface area contributed by atoms with Crippen molar-refractivity contribution in [2.75, 3.05) is 6.54 Å². The molecule has 1 aromatic rings. The Hall–Kier alpha value is -0.190. The molecular weight excluding hydrogens is 325 g/mol. The van der Waals surface area contributed by atoms with Gasteiger partial charge in [-0.1, -0.05) is 44.5 Å². The third kappa shape index (κ3) is 4.05. The Labute approximate surface area is 106 Å². The molecule has 0 bridgehead atoms. The van der Waals surface area contributed by atoms with Crippen molar-refractivity contribution in [1.82, 2.24) is 5.32 Å². The first-order chi connectivity index (χ1) is 7.00. The van der Waals surface area contributed by atoms with Crippen molar-refractivity contribution < 1.29 is 4.39 Å². The van der Waals surface area contributed by atoms with E-state index in [2.05, 4.69) is 43.8 Å². The Balaban J connectivity index is 2.73. The summed E-state index contributed by atoms with van der Waals surface area (Å²) in [6.07, 6.45) is 0. The van der Waals surface area contributed by atoms with Gasteiger partial charge in [0, 0.05) is 21.5 Å². The van der Waals surface area contributed by atoms with Crippen molar-refractivity contribution >= 4 is 31.9 Å². The van der Waals surface area contributed by atoms with Gasteiger partial charge in [0.15, 0.2) is 0 Å². The van der Waals surface area contributed by atoms with Crippen LogP contribution in [0.4, 0.5) is 4.39 Å². The molecule has 1 unspecified atom stereocenters. The minimum absolute atomic E-state index is 0.147. The molecule has 0 amide bonds. The van der Waals surface area contributed by atoms with E-state index >= 15 is 0 Å². The van der Waals surface area contributed by atoms with Gasteiger partial charge in [-0.3, -0.25) is 0 Å². The third-order valence-corrected chi connectivity index (χ3v) is 3.00. The fourth-order valence-electron chi connectivity index (χ4n) is 1.23. The van der Waals surface area contributed by atoms with Gasteiger partial charge in [0.05, 0.1) is 0 Å². The molecule has 0 aliphatic heterocycles. The second kappa shape index (κ2) is 5.77. The second-order valence-corrected chi connectivity index (χ2v) is 5.26. The predicted molar refractivity (Wildman–Crippen MR) is 68.6 cm³/mol. The van der Waals surface area contributed by atoms with Crippen molar-refractivity contribution in [2.24, 2.45) is 0 Å². The van der Waals surface area contributed by atoms with Crippen LogP contribution in [-0.2, 0) is 0 Å². The van der Waals surface area contributed by atoms with Crippen LogP contribution in [-0.4, -0.2) is 6.54 Å². The molecule has 0 radical (unpaired) electrons. The number of rotatable bonds is 4. The molecule has 0 saturated carbocycles. The number of nitrogens with one attached hydrogen (secondary N) is 1. The molecule has 0 saturated heterocycles. The van der Waals surface area contributed by atoms with Gasteiger partial charge >= 0.3 is 0 Å². The van der Waals surface area contributed by atoms with E-state index in [9.17, 15) is 4.39 Å². The maximum atomic E-state index is 12.9. The van der Waals surface area contributed by atoms with Gasteiger partial charge in [-0.15, -0.1) is 0 Å². The van der Waals surface area contributed by atoms with Crippen LogP contribution in [0.1, 0.15) is 18.5 Å². The average Bonchev–Trinajstić information content (AvgIpc) is 2.14. The maximum Gasteiger partial charge on any atom is 0.124 e. The summed E-state index contributed by atoms with van der Waals surface area (Å²) in [5.41, 5.74) is 1.03. The Bertz CT molecular complexity index is 366. The van der Waals surface area contributed by atoms with Gasteiger partial charge in [0.2, 0.25) is 0 Å². The quantitative estimate of drug-likeness (QED) is 0.871. The van der Waals surface area contributed by atoms with Crippen LogP contribution in [0.3, 0.4) is 0 Å². The van der Waals surface area contributed by atoms with Crippen LogP contribution in [0.5, 0.6) is 0 Å². The highest BCUT2D eigenvalue weighted by atomic mass is 79.9. The van der Waals surface area contributed by atoms with Crippen LogP contribution in [0.25, 0.3) is 0 Å². The van der Waals surface area contributed by atoms with Gasteiger partial charge in [-0.05, 0) is 24.6 Å². The molecule has 1 aromatic carbocycles. The van der Waals surface area contributed by atoms with Gasteiger partial charge in [0.25, 0.3) is 0 Å². The molecule has 4 heteroatoms. The monoisotopic (exact) mass is 335 g/mol. The SMILES string of the molecule is C=C(Br)CNC(C)c1ccc(F)cc1Br. The standard InChI is InChI=1S/C11H12Br2FN/c1-7(12)6-15-8(2)10-4-3-9(14)5-11(10)13/h3-5,8,15H,1,6H2,2H3. The van der Waals surface area contributed by atoms with Crippen molar-refractivity contribution in [3.63, 3.8) is 0 Å². The molecule has 1 rings (SSSR count). The molecule has 0 aromatic heterocycles. The van der Waals surface area contributed by atoms with E-state index in [4.69, 9.17) is 0 Å². The molecule has 82 valence electrons. The lowest BCUT2D eigenvalue weighted by Gasteiger charge is -2.15. The molecule has 0 heterocycles. The van der Waals surface area contributed by atoms with Crippen molar-refractivity contribution in [2.45, 2.75) is 13.0 Å². The topological polar surface area (TPSA) is 12.0 Å². The van der Waals surface area contributed by atoms with Crippen LogP contribution in [0.15, 0.2) is 33.7 Å². The number of hydrogen-bond donors (Lipinski definition) is 1. The number of benzene rings is 1. The molecule has 0 aliphatic carbocycles. The predicted octanol–water partition coefficient (Wildman–Crippen LogP) is 4.15. The van der Waals surface area contributed by atoms with E-state index in [1.807, 2.05) is 6.92 Å². The van der Waals surface area contributed by atoms with E-state index < -0.39 is 0 Å². The second-order valence-electron chi connectivity index (χ2n) is 3.29. The normalized spacial score (nSPS) is 12.5. The molecule has 0 aliphatic rings. The summed E-state index contributed by atoms with van der Waals surface area (Å²) >= 11 is 6.62. The molecule has 15 heavy (non-hydrogen) atoms. The maximum absolute atomic E-state index is 12.9. The summed E-state index contributed by atoms with van der Waals surface area (Å²) in [4.78, 5) is 0. The van der Waals surface area contributed by atoms with Crippen molar-refractivity contribution in [3.05, 3.63) is 45.1 Å². The molecule has 0 spiro atoms. The summed E-state index contributed by atoms with van der Waals surface area (Å²) < 4.78 is 14.5. The minimum atomic E-state index is -0.234. The zero-order chi connectivity index (χ0) is 11.4. The largest absolute Gasteiger partial charge is 0.306 e. The first-order valence-electron chi connectivity index (χ1n) is 4.52.